The Kier molecular flexibility index (Phi) is 4.97. The predicted molar refractivity (Wildman–Crippen MR) is 76.3 cm³/mol. The minimum Gasteiger partial charge on any atom is -0.480 e. The number of carbonyl (C=O) groups is 1. The van der Waals surface area contributed by atoms with Crippen LogP contribution < -0.4 is 5.32 Å². The van der Waals surface area contributed by atoms with E-state index in [-0.39, 0.29) is 0 Å². The average molecular weight is 261 g/mol. The first-order chi connectivity index (χ1) is 9.20. The molecule has 1 aromatic rings. The van der Waals surface area contributed by atoms with Gasteiger partial charge >= 0.3 is 5.97 Å². The Balaban J connectivity index is 1.94. The number of hydrogen-bond acceptors (Lipinski definition) is 2. The van der Waals surface area contributed by atoms with Crippen molar-refractivity contribution >= 4 is 5.97 Å². The van der Waals surface area contributed by atoms with E-state index in [4.69, 9.17) is 0 Å². The number of nitrogens with one attached hydrogen (secondary N) is 1. The van der Waals surface area contributed by atoms with Gasteiger partial charge in [-0.15, -0.1) is 0 Å². The normalized spacial score (nSPS) is 19.7. The van der Waals surface area contributed by atoms with Crippen molar-refractivity contribution in [2.45, 2.75) is 57.5 Å². The molecule has 104 valence electrons. The van der Waals surface area contributed by atoms with Crippen molar-refractivity contribution in [3.8, 4) is 0 Å². The smallest absolute Gasteiger partial charge is 0.320 e. The molecule has 3 heteroatoms. The standard InChI is InChI=1S/C16H23NO2/c1-2-3-8-15(16(18)19)17-14-10-9-12-6-4-5-7-13(12)11-14/h4-7,14-15,17H,2-3,8-11H2,1H3,(H,18,19)/t14?,15-/m0/s1. The maximum Gasteiger partial charge on any atom is 0.320 e. The summed E-state index contributed by atoms with van der Waals surface area (Å²) in [5, 5.41) is 12.6. The highest BCUT2D eigenvalue weighted by Gasteiger charge is 2.24. The largest absolute Gasteiger partial charge is 0.480 e. The third kappa shape index (κ3) is 3.80. The number of carboxylic acids is 1. The Labute approximate surface area is 115 Å². The Morgan fingerprint density at radius 1 is 1.42 bits per heavy atom. The molecule has 19 heavy (non-hydrogen) atoms. The fraction of sp³-hybridized carbons (Fsp3) is 0.562. The zero-order chi connectivity index (χ0) is 13.7. The zero-order valence-electron chi connectivity index (χ0n) is 11.6. The Bertz CT molecular complexity index is 431. The second-order valence-corrected chi connectivity index (χ2v) is 5.41. The molecule has 3 nitrogen and oxygen atoms in total. The molecule has 2 atom stereocenters. The van der Waals surface area contributed by atoms with E-state index < -0.39 is 12.0 Å². The van der Waals surface area contributed by atoms with Gasteiger partial charge in [0.05, 0.1) is 0 Å². The van der Waals surface area contributed by atoms with Crippen molar-refractivity contribution in [3.05, 3.63) is 35.4 Å². The molecular weight excluding hydrogens is 238 g/mol. The van der Waals surface area contributed by atoms with E-state index in [9.17, 15) is 9.90 Å². The van der Waals surface area contributed by atoms with Gasteiger partial charge in [0.25, 0.3) is 0 Å². The van der Waals surface area contributed by atoms with Crippen LogP contribution in [0.15, 0.2) is 24.3 Å². The van der Waals surface area contributed by atoms with Gasteiger partial charge in [-0.25, -0.2) is 0 Å². The van der Waals surface area contributed by atoms with Crippen LogP contribution in [0.5, 0.6) is 0 Å². The van der Waals surface area contributed by atoms with Crippen LogP contribution in [0.1, 0.15) is 43.7 Å². The first-order valence-electron chi connectivity index (χ1n) is 7.26. The van der Waals surface area contributed by atoms with Crippen LogP contribution in [-0.2, 0) is 17.6 Å². The van der Waals surface area contributed by atoms with E-state index in [1.807, 2.05) is 0 Å². The van der Waals surface area contributed by atoms with Crippen LogP contribution in [-0.4, -0.2) is 23.2 Å². The van der Waals surface area contributed by atoms with Crippen LogP contribution in [0.3, 0.4) is 0 Å². The predicted octanol–water partition coefficient (Wildman–Crippen LogP) is 2.78. The molecule has 0 aromatic heterocycles. The number of hydrogen-bond donors (Lipinski definition) is 2. The Hall–Kier alpha value is -1.35. The van der Waals surface area contributed by atoms with Crippen LogP contribution in [0.25, 0.3) is 0 Å². The fourth-order valence-electron chi connectivity index (χ4n) is 2.81. The van der Waals surface area contributed by atoms with Crippen LogP contribution in [0, 0.1) is 0 Å². The van der Waals surface area contributed by atoms with E-state index in [1.165, 1.54) is 11.1 Å². The first-order valence-corrected chi connectivity index (χ1v) is 7.26. The summed E-state index contributed by atoms with van der Waals surface area (Å²) in [7, 11) is 0. The van der Waals surface area contributed by atoms with Gasteiger partial charge in [0.2, 0.25) is 0 Å². The number of carboxylic acid groups (broad SMARTS) is 1. The zero-order valence-corrected chi connectivity index (χ0v) is 11.6. The highest BCUT2D eigenvalue weighted by Crippen LogP contribution is 2.21. The third-order valence-corrected chi connectivity index (χ3v) is 3.93. The van der Waals surface area contributed by atoms with E-state index in [1.54, 1.807) is 0 Å². The fourth-order valence-corrected chi connectivity index (χ4v) is 2.81. The summed E-state index contributed by atoms with van der Waals surface area (Å²) >= 11 is 0. The minimum atomic E-state index is -0.715. The van der Waals surface area contributed by atoms with Gasteiger partial charge in [-0.05, 0) is 36.8 Å². The molecule has 1 unspecified atom stereocenters. The van der Waals surface area contributed by atoms with Crippen LogP contribution in [0.2, 0.25) is 0 Å². The van der Waals surface area contributed by atoms with Crippen molar-refractivity contribution in [1.82, 2.24) is 5.32 Å². The number of rotatable bonds is 6. The van der Waals surface area contributed by atoms with E-state index >= 15 is 0 Å². The summed E-state index contributed by atoms with van der Waals surface area (Å²) in [5.41, 5.74) is 2.78. The molecule has 0 heterocycles. The molecule has 2 rings (SSSR count). The lowest BCUT2D eigenvalue weighted by Gasteiger charge is -2.28. The molecule has 0 fully saturated rings. The molecular formula is C16H23NO2. The van der Waals surface area contributed by atoms with E-state index in [0.29, 0.717) is 6.04 Å². The molecule has 0 bridgehead atoms. The van der Waals surface area contributed by atoms with Crippen LogP contribution in [0.4, 0.5) is 0 Å². The number of fused-ring (bicyclic) bond motifs is 1. The molecule has 1 aromatic carbocycles. The maximum atomic E-state index is 11.3. The lowest BCUT2D eigenvalue weighted by Crippen LogP contribution is -2.45. The lowest BCUT2D eigenvalue weighted by molar-refractivity contribution is -0.140. The van der Waals surface area contributed by atoms with Gasteiger partial charge in [0, 0.05) is 6.04 Å². The molecule has 0 radical (unpaired) electrons. The molecule has 0 spiro atoms. The lowest BCUT2D eigenvalue weighted by atomic mass is 9.88. The van der Waals surface area contributed by atoms with Gasteiger partial charge < -0.3 is 10.4 Å². The van der Waals surface area contributed by atoms with Crippen molar-refractivity contribution in [2.24, 2.45) is 0 Å². The Morgan fingerprint density at radius 3 is 2.84 bits per heavy atom. The highest BCUT2D eigenvalue weighted by molar-refractivity contribution is 5.73. The molecule has 1 aliphatic rings. The molecule has 0 saturated heterocycles. The highest BCUT2D eigenvalue weighted by atomic mass is 16.4. The number of unbranched alkanes of at least 4 members (excludes halogenated alkanes) is 1. The molecule has 1 aliphatic carbocycles. The number of aliphatic carboxylic acids is 1. The molecule has 0 saturated carbocycles. The van der Waals surface area contributed by atoms with Crippen molar-refractivity contribution in [3.63, 3.8) is 0 Å². The summed E-state index contributed by atoms with van der Waals surface area (Å²) in [4.78, 5) is 11.3. The Morgan fingerprint density at radius 2 is 2.16 bits per heavy atom. The van der Waals surface area contributed by atoms with Gasteiger partial charge in [-0.3, -0.25) is 4.79 Å². The van der Waals surface area contributed by atoms with Gasteiger partial charge in [-0.1, -0.05) is 44.0 Å². The average Bonchev–Trinajstić information content (AvgIpc) is 2.43. The SMILES string of the molecule is CCCC[C@H](NC1CCc2ccccc2C1)C(=O)O. The summed E-state index contributed by atoms with van der Waals surface area (Å²) in [5.74, 6) is -0.715. The first kappa shape index (κ1) is 14.1. The maximum absolute atomic E-state index is 11.3. The quantitative estimate of drug-likeness (QED) is 0.828. The van der Waals surface area contributed by atoms with Crippen molar-refractivity contribution in [2.75, 3.05) is 0 Å². The minimum absolute atomic E-state index is 0.299. The van der Waals surface area contributed by atoms with Crippen molar-refractivity contribution in [1.29, 1.82) is 0 Å². The summed E-state index contributed by atoms with van der Waals surface area (Å²) in [6.45, 7) is 2.09. The number of aryl methyl sites for hydroxylation is 1. The number of benzene rings is 1. The van der Waals surface area contributed by atoms with E-state index in [2.05, 4.69) is 36.5 Å². The van der Waals surface area contributed by atoms with Crippen molar-refractivity contribution < 1.29 is 9.90 Å². The molecule has 0 aliphatic heterocycles. The molecule has 0 amide bonds. The van der Waals surface area contributed by atoms with Gasteiger partial charge in [0.15, 0.2) is 0 Å². The van der Waals surface area contributed by atoms with E-state index in [0.717, 1.165) is 38.5 Å². The van der Waals surface area contributed by atoms with Crippen LogP contribution >= 0.6 is 0 Å². The van der Waals surface area contributed by atoms with Gasteiger partial charge in [0.1, 0.15) is 6.04 Å². The summed E-state index contributed by atoms with van der Waals surface area (Å²) in [6, 6.07) is 8.38. The second-order valence-electron chi connectivity index (χ2n) is 5.41. The topological polar surface area (TPSA) is 49.3 Å². The summed E-state index contributed by atoms with van der Waals surface area (Å²) in [6.07, 6.45) is 5.77. The van der Waals surface area contributed by atoms with Gasteiger partial charge in [-0.2, -0.15) is 0 Å². The monoisotopic (exact) mass is 261 g/mol. The third-order valence-electron chi connectivity index (χ3n) is 3.93. The second kappa shape index (κ2) is 6.71. The molecule has 2 N–H and O–H groups in total. The summed E-state index contributed by atoms with van der Waals surface area (Å²) < 4.78 is 0.